The van der Waals surface area contributed by atoms with E-state index in [2.05, 4.69) is 5.32 Å². The number of carbonyl (C=O) groups is 2. The third-order valence-electron chi connectivity index (χ3n) is 2.40. The van der Waals surface area contributed by atoms with Crippen molar-refractivity contribution in [3.8, 4) is 0 Å². The fraction of sp³-hybridized carbons (Fsp3) is 0.273. The van der Waals surface area contributed by atoms with Gasteiger partial charge in [-0.1, -0.05) is 12.1 Å². The molecule has 7 nitrogen and oxygen atoms in total. The van der Waals surface area contributed by atoms with Gasteiger partial charge in [0.1, 0.15) is 6.42 Å². The number of carboxylic acids is 1. The Morgan fingerprint density at radius 1 is 1.44 bits per heavy atom. The summed E-state index contributed by atoms with van der Waals surface area (Å²) in [6, 6.07) is 4.53. The first-order valence-electron chi connectivity index (χ1n) is 5.13. The quantitative estimate of drug-likeness (QED) is 0.461. The van der Waals surface area contributed by atoms with Gasteiger partial charge in [-0.25, -0.2) is 0 Å². The van der Waals surface area contributed by atoms with Crippen molar-refractivity contribution < 1.29 is 19.6 Å². The molecule has 1 amide bonds. The van der Waals surface area contributed by atoms with Crippen LogP contribution in [0.15, 0.2) is 18.2 Å². The fourth-order valence-corrected chi connectivity index (χ4v) is 1.45. The lowest BCUT2D eigenvalue weighted by atomic mass is 10.1. The molecule has 2 N–H and O–H groups in total. The number of amides is 1. The minimum absolute atomic E-state index is 0.0278. The van der Waals surface area contributed by atoms with E-state index in [9.17, 15) is 19.7 Å². The predicted molar refractivity (Wildman–Crippen MR) is 61.9 cm³/mol. The number of carboxylic acid groups (broad SMARTS) is 1. The lowest BCUT2D eigenvalue weighted by Crippen LogP contribution is -2.25. The summed E-state index contributed by atoms with van der Waals surface area (Å²) in [5, 5.41) is 21.5. The molecule has 18 heavy (non-hydrogen) atoms. The van der Waals surface area contributed by atoms with E-state index in [0.29, 0.717) is 11.1 Å². The molecule has 0 atom stereocenters. The molecule has 0 aliphatic heterocycles. The van der Waals surface area contributed by atoms with Crippen molar-refractivity contribution in [1.82, 2.24) is 5.32 Å². The number of hydrogen-bond acceptors (Lipinski definition) is 4. The molecule has 1 aromatic carbocycles. The molecule has 0 saturated heterocycles. The molecule has 0 unspecified atom stereocenters. The van der Waals surface area contributed by atoms with Gasteiger partial charge in [-0.2, -0.15) is 0 Å². The number of rotatable bonds is 5. The highest BCUT2D eigenvalue weighted by molar-refractivity contribution is 5.93. The second-order valence-electron chi connectivity index (χ2n) is 3.67. The molecule has 0 radical (unpaired) electrons. The molecule has 0 spiro atoms. The van der Waals surface area contributed by atoms with Crippen molar-refractivity contribution in [1.29, 1.82) is 0 Å². The first-order valence-corrected chi connectivity index (χ1v) is 5.13. The van der Waals surface area contributed by atoms with Crippen molar-refractivity contribution in [3.05, 3.63) is 39.4 Å². The molecule has 0 fully saturated rings. The van der Waals surface area contributed by atoms with Crippen LogP contribution < -0.4 is 5.32 Å². The fourth-order valence-electron chi connectivity index (χ4n) is 1.45. The maximum absolute atomic E-state index is 11.1. The number of aliphatic carboxylic acids is 1. The second-order valence-corrected chi connectivity index (χ2v) is 3.67. The van der Waals surface area contributed by atoms with Crippen LogP contribution in [0.2, 0.25) is 0 Å². The maximum atomic E-state index is 11.1. The Morgan fingerprint density at radius 3 is 2.67 bits per heavy atom. The highest BCUT2D eigenvalue weighted by atomic mass is 16.6. The van der Waals surface area contributed by atoms with Crippen LogP contribution in [0.5, 0.6) is 0 Å². The minimum atomic E-state index is -1.22. The summed E-state index contributed by atoms with van der Waals surface area (Å²) in [6.07, 6.45) is -0.617. The highest BCUT2D eigenvalue weighted by Gasteiger charge is 2.14. The number of hydrogen-bond donors (Lipinski definition) is 2. The van der Waals surface area contributed by atoms with Gasteiger partial charge in [0.25, 0.3) is 5.69 Å². The van der Waals surface area contributed by atoms with Gasteiger partial charge in [-0.05, 0) is 12.5 Å². The van der Waals surface area contributed by atoms with Crippen LogP contribution in [-0.4, -0.2) is 21.9 Å². The summed E-state index contributed by atoms with van der Waals surface area (Å²) in [5.41, 5.74) is 1.01. The standard InChI is InChI=1S/C11H12N2O5/c1-7-8(3-2-4-9(7)13(17)18)6-12-10(14)5-11(15)16/h2-4H,5-6H2,1H3,(H,12,14)(H,15,16). The largest absolute Gasteiger partial charge is 0.481 e. The monoisotopic (exact) mass is 252 g/mol. The van der Waals surface area contributed by atoms with Crippen molar-refractivity contribution in [3.63, 3.8) is 0 Å². The molecule has 0 aliphatic carbocycles. The smallest absolute Gasteiger partial charge is 0.312 e. The van der Waals surface area contributed by atoms with Crippen LogP contribution in [0.3, 0.4) is 0 Å². The zero-order valence-corrected chi connectivity index (χ0v) is 9.67. The van der Waals surface area contributed by atoms with Gasteiger partial charge >= 0.3 is 5.97 Å². The third-order valence-corrected chi connectivity index (χ3v) is 2.40. The van der Waals surface area contributed by atoms with Crippen LogP contribution in [0.1, 0.15) is 17.5 Å². The van der Waals surface area contributed by atoms with Gasteiger partial charge in [0, 0.05) is 18.2 Å². The number of carbonyl (C=O) groups excluding carboxylic acids is 1. The predicted octanol–water partition coefficient (Wildman–Crippen LogP) is 0.994. The lowest BCUT2D eigenvalue weighted by molar-refractivity contribution is -0.385. The van der Waals surface area contributed by atoms with Crippen LogP contribution >= 0.6 is 0 Å². The van der Waals surface area contributed by atoms with E-state index in [4.69, 9.17) is 5.11 Å². The van der Waals surface area contributed by atoms with Crippen LogP contribution in [0, 0.1) is 17.0 Å². The van der Waals surface area contributed by atoms with Crippen LogP contribution in [0.25, 0.3) is 0 Å². The van der Waals surface area contributed by atoms with E-state index in [0.717, 1.165) is 0 Å². The number of benzene rings is 1. The average Bonchev–Trinajstić information content (AvgIpc) is 2.26. The molecule has 0 aromatic heterocycles. The van der Waals surface area contributed by atoms with Crippen molar-refractivity contribution in [2.24, 2.45) is 0 Å². The summed E-state index contributed by atoms with van der Waals surface area (Å²) in [5.74, 6) is -1.85. The zero-order valence-electron chi connectivity index (χ0n) is 9.67. The molecular weight excluding hydrogens is 240 g/mol. The van der Waals surface area contributed by atoms with Crippen LogP contribution in [0.4, 0.5) is 5.69 Å². The zero-order chi connectivity index (χ0) is 13.7. The average molecular weight is 252 g/mol. The molecule has 1 aromatic rings. The van der Waals surface area contributed by atoms with Gasteiger partial charge in [0.15, 0.2) is 0 Å². The van der Waals surface area contributed by atoms with E-state index < -0.39 is 23.2 Å². The molecular formula is C11H12N2O5. The Morgan fingerprint density at radius 2 is 2.11 bits per heavy atom. The van der Waals surface area contributed by atoms with E-state index in [-0.39, 0.29) is 12.2 Å². The summed E-state index contributed by atoms with van der Waals surface area (Å²) in [7, 11) is 0. The SMILES string of the molecule is Cc1c(CNC(=O)CC(=O)O)cccc1[N+](=O)[O-]. The van der Waals surface area contributed by atoms with Gasteiger partial charge in [-0.3, -0.25) is 19.7 Å². The highest BCUT2D eigenvalue weighted by Crippen LogP contribution is 2.20. The number of nitro benzene ring substituents is 1. The Bertz CT molecular complexity index is 498. The lowest BCUT2D eigenvalue weighted by Gasteiger charge is -2.07. The molecule has 0 heterocycles. The Hall–Kier alpha value is -2.44. The minimum Gasteiger partial charge on any atom is -0.481 e. The van der Waals surface area contributed by atoms with Crippen molar-refractivity contribution in [2.75, 3.05) is 0 Å². The maximum Gasteiger partial charge on any atom is 0.312 e. The third kappa shape index (κ3) is 3.55. The number of nitro groups is 1. The Labute approximate surface area is 103 Å². The topological polar surface area (TPSA) is 110 Å². The first-order chi connectivity index (χ1) is 8.41. The van der Waals surface area contributed by atoms with Crippen molar-refractivity contribution >= 4 is 17.6 Å². The van der Waals surface area contributed by atoms with Crippen LogP contribution in [-0.2, 0) is 16.1 Å². The molecule has 0 aliphatic rings. The van der Waals surface area contributed by atoms with Gasteiger partial charge < -0.3 is 10.4 Å². The van der Waals surface area contributed by atoms with Gasteiger partial charge in [-0.15, -0.1) is 0 Å². The second kappa shape index (κ2) is 5.76. The number of nitrogens with zero attached hydrogens (tertiary/aromatic N) is 1. The summed E-state index contributed by atoms with van der Waals surface area (Å²) >= 11 is 0. The molecule has 7 heteroatoms. The molecule has 1 rings (SSSR count). The molecule has 0 bridgehead atoms. The Kier molecular flexibility index (Phi) is 4.36. The van der Waals surface area contributed by atoms with E-state index in [1.165, 1.54) is 12.1 Å². The van der Waals surface area contributed by atoms with Gasteiger partial charge in [0.05, 0.1) is 4.92 Å². The van der Waals surface area contributed by atoms with Crippen molar-refractivity contribution in [2.45, 2.75) is 19.9 Å². The summed E-state index contributed by atoms with van der Waals surface area (Å²) < 4.78 is 0. The Balaban J connectivity index is 2.74. The van der Waals surface area contributed by atoms with E-state index >= 15 is 0 Å². The van der Waals surface area contributed by atoms with E-state index in [1.807, 2.05) is 0 Å². The van der Waals surface area contributed by atoms with E-state index in [1.54, 1.807) is 13.0 Å². The summed E-state index contributed by atoms with van der Waals surface area (Å²) in [6.45, 7) is 1.65. The number of nitrogens with one attached hydrogen (secondary N) is 1. The first kappa shape index (κ1) is 13.6. The molecule has 0 saturated carbocycles. The normalized spacial score (nSPS) is 9.83. The summed E-state index contributed by atoms with van der Waals surface area (Å²) in [4.78, 5) is 31.6. The molecule has 96 valence electrons. The van der Waals surface area contributed by atoms with Gasteiger partial charge in [0.2, 0.25) is 5.91 Å².